The largest absolute Gasteiger partial charge is 0.481 e. The SMILES string of the molecule is CC#CCOc1ccc2cc(C3(c4ccc(Sc5ccc(C6(c7ccc8cc(OCC#CC)ccc8c7)c7ccccc7-c7ccccc76)cn5)nc4)c4ccccc4-c4ccccc43)ccc2c1. The number of rotatable bonds is 10. The highest BCUT2D eigenvalue weighted by molar-refractivity contribution is 7.99. The standard InChI is InChI=1S/C64H44N2O2S/c1-3-5-35-67-51-31-25-43-37-47(27-23-45(43)39-51)63(57-19-11-7-15-53(57)54-16-8-12-20-58(54)63)49-29-33-61(65-41-49)69-62-34-30-50(42-66-62)64(59-21-13-9-17-55(59)56-18-10-14-22-60(56)64)48-28-24-46-40-52(68-36-6-4-2)32-26-44(46)38-48/h7-34,37-42H,35-36H2,1-2H3. The predicted molar refractivity (Wildman–Crippen MR) is 280 cm³/mol. The Morgan fingerprint density at radius 2 is 0.739 bits per heavy atom. The van der Waals surface area contributed by atoms with E-state index in [0.29, 0.717) is 13.2 Å². The van der Waals surface area contributed by atoms with E-state index in [1.165, 1.54) is 55.6 Å². The molecule has 0 N–H and O–H groups in total. The number of pyridine rings is 2. The maximum Gasteiger partial charge on any atom is 0.149 e. The van der Waals surface area contributed by atoms with Crippen LogP contribution >= 0.6 is 11.8 Å². The smallest absolute Gasteiger partial charge is 0.149 e. The first-order valence-electron chi connectivity index (χ1n) is 23.2. The van der Waals surface area contributed by atoms with Gasteiger partial charge in [0.15, 0.2) is 0 Å². The molecule has 5 heteroatoms. The highest BCUT2D eigenvalue weighted by Crippen LogP contribution is 2.58. The van der Waals surface area contributed by atoms with E-state index in [2.05, 4.69) is 218 Å². The number of hydrogen-bond acceptors (Lipinski definition) is 5. The Morgan fingerprint density at radius 1 is 0.391 bits per heavy atom. The average Bonchev–Trinajstić information content (AvgIpc) is 3.88. The van der Waals surface area contributed by atoms with Gasteiger partial charge in [-0.25, -0.2) is 9.97 Å². The summed E-state index contributed by atoms with van der Waals surface area (Å²) in [5, 5.41) is 6.25. The summed E-state index contributed by atoms with van der Waals surface area (Å²) in [5.74, 6) is 13.4. The average molecular weight is 905 g/mol. The van der Waals surface area contributed by atoms with E-state index in [9.17, 15) is 0 Å². The minimum absolute atomic E-state index is 0.366. The van der Waals surface area contributed by atoms with Crippen molar-refractivity contribution in [2.75, 3.05) is 13.2 Å². The Bertz CT molecular complexity index is 3420. The minimum Gasteiger partial charge on any atom is -0.481 e. The second-order valence-electron chi connectivity index (χ2n) is 17.4. The zero-order valence-corrected chi connectivity index (χ0v) is 39.0. The topological polar surface area (TPSA) is 44.2 Å². The van der Waals surface area contributed by atoms with E-state index >= 15 is 0 Å². The zero-order valence-electron chi connectivity index (χ0n) is 38.2. The summed E-state index contributed by atoms with van der Waals surface area (Å²) in [6, 6.07) is 70.3. The summed E-state index contributed by atoms with van der Waals surface area (Å²) in [6.45, 7) is 4.39. The van der Waals surface area contributed by atoms with E-state index < -0.39 is 10.8 Å². The van der Waals surface area contributed by atoms with Crippen LogP contribution in [0.15, 0.2) is 217 Å². The number of hydrogen-bond donors (Lipinski definition) is 0. The molecule has 0 amide bonds. The van der Waals surface area contributed by atoms with E-state index in [1.807, 2.05) is 26.0 Å². The van der Waals surface area contributed by atoms with Crippen LogP contribution in [0.2, 0.25) is 0 Å². The summed E-state index contributed by atoms with van der Waals surface area (Å²) >= 11 is 1.58. The fraction of sp³-hybridized carbons (Fsp3) is 0.0938. The van der Waals surface area contributed by atoms with Crippen molar-refractivity contribution in [1.82, 2.24) is 9.97 Å². The third kappa shape index (κ3) is 6.89. The zero-order chi connectivity index (χ0) is 46.4. The normalized spacial score (nSPS) is 13.2. The summed E-state index contributed by atoms with van der Waals surface area (Å²) in [7, 11) is 0. The molecule has 0 aliphatic heterocycles. The first-order valence-corrected chi connectivity index (χ1v) is 24.0. The van der Waals surface area contributed by atoms with E-state index in [1.54, 1.807) is 11.8 Å². The minimum atomic E-state index is -0.589. The molecule has 69 heavy (non-hydrogen) atoms. The molecule has 12 rings (SSSR count). The maximum absolute atomic E-state index is 5.93. The molecule has 0 bridgehead atoms. The second kappa shape index (κ2) is 17.4. The number of ether oxygens (including phenoxy) is 2. The van der Waals surface area contributed by atoms with Gasteiger partial charge in [0, 0.05) is 12.4 Å². The number of aromatic nitrogens is 2. The summed E-state index contributed by atoms with van der Waals surface area (Å²) in [6.07, 6.45) is 4.14. The van der Waals surface area contributed by atoms with Gasteiger partial charge in [-0.2, -0.15) is 0 Å². The lowest BCUT2D eigenvalue weighted by atomic mass is 9.68. The summed E-state index contributed by atoms with van der Waals surface area (Å²) < 4.78 is 11.9. The van der Waals surface area contributed by atoms with Gasteiger partial charge in [0.2, 0.25) is 0 Å². The van der Waals surface area contributed by atoms with Crippen LogP contribution in [0.25, 0.3) is 43.8 Å². The number of fused-ring (bicyclic) bond motifs is 8. The fourth-order valence-electron chi connectivity index (χ4n) is 11.0. The molecule has 2 aliphatic rings. The number of benzene rings is 8. The molecule has 0 spiro atoms. The lowest BCUT2D eigenvalue weighted by Gasteiger charge is -2.34. The first kappa shape index (κ1) is 42.0. The fourth-order valence-corrected chi connectivity index (χ4v) is 11.7. The predicted octanol–water partition coefficient (Wildman–Crippen LogP) is 14.5. The molecular weight excluding hydrogens is 861 g/mol. The molecule has 0 saturated carbocycles. The van der Waals surface area contributed by atoms with Gasteiger partial charge in [-0.1, -0.05) is 169 Å². The molecule has 0 unspecified atom stereocenters. The van der Waals surface area contributed by atoms with E-state index in [4.69, 9.17) is 19.4 Å². The lowest BCUT2D eigenvalue weighted by molar-refractivity contribution is 0.370. The Kier molecular flexibility index (Phi) is 10.6. The van der Waals surface area contributed by atoms with Gasteiger partial charge in [0.25, 0.3) is 0 Å². The van der Waals surface area contributed by atoms with Gasteiger partial charge in [-0.05, 0) is 151 Å². The van der Waals surface area contributed by atoms with Crippen molar-refractivity contribution in [3.8, 4) is 57.4 Å². The molecule has 0 fully saturated rings. The van der Waals surface area contributed by atoms with E-state index in [-0.39, 0.29) is 0 Å². The molecular formula is C64H44N2O2S. The molecule has 0 saturated heterocycles. The van der Waals surface area contributed by atoms with Crippen molar-refractivity contribution in [1.29, 1.82) is 0 Å². The van der Waals surface area contributed by atoms with Crippen LogP contribution in [0.4, 0.5) is 0 Å². The van der Waals surface area contributed by atoms with E-state index in [0.717, 1.165) is 54.2 Å². The molecule has 10 aromatic rings. The van der Waals surface area contributed by atoms with Crippen molar-refractivity contribution in [2.45, 2.75) is 34.7 Å². The van der Waals surface area contributed by atoms with Crippen molar-refractivity contribution < 1.29 is 9.47 Å². The third-order valence-corrected chi connectivity index (χ3v) is 14.8. The first-order chi connectivity index (χ1) is 34.1. The Balaban J connectivity index is 0.914. The molecule has 4 nitrogen and oxygen atoms in total. The van der Waals surface area contributed by atoms with Gasteiger partial charge in [0.1, 0.15) is 34.8 Å². The van der Waals surface area contributed by atoms with Crippen LogP contribution in [0.1, 0.15) is 58.4 Å². The van der Waals surface area contributed by atoms with Crippen LogP contribution in [0.5, 0.6) is 11.5 Å². The van der Waals surface area contributed by atoms with Crippen molar-refractivity contribution >= 4 is 33.3 Å². The third-order valence-electron chi connectivity index (χ3n) is 13.9. The van der Waals surface area contributed by atoms with Crippen LogP contribution in [-0.4, -0.2) is 23.2 Å². The number of nitrogens with zero attached hydrogens (tertiary/aromatic N) is 2. The Labute approximate surface area is 407 Å². The van der Waals surface area contributed by atoms with Crippen molar-refractivity contribution in [3.63, 3.8) is 0 Å². The van der Waals surface area contributed by atoms with Gasteiger partial charge in [-0.15, -0.1) is 11.8 Å². The van der Waals surface area contributed by atoms with Gasteiger partial charge >= 0.3 is 0 Å². The Morgan fingerprint density at radius 3 is 1.10 bits per heavy atom. The van der Waals surface area contributed by atoms with Crippen LogP contribution in [0, 0.1) is 23.7 Å². The van der Waals surface area contributed by atoms with Crippen molar-refractivity contribution in [3.05, 3.63) is 251 Å². The van der Waals surface area contributed by atoms with Crippen LogP contribution in [-0.2, 0) is 10.8 Å². The quantitative estimate of drug-likeness (QED) is 0.128. The molecule has 2 heterocycles. The van der Waals surface area contributed by atoms with Crippen LogP contribution < -0.4 is 9.47 Å². The van der Waals surface area contributed by atoms with Gasteiger partial charge in [-0.3, -0.25) is 0 Å². The second-order valence-corrected chi connectivity index (χ2v) is 18.5. The highest BCUT2D eigenvalue weighted by atomic mass is 32.2. The summed E-state index contributed by atoms with van der Waals surface area (Å²) in [4.78, 5) is 10.4. The molecule has 328 valence electrons. The summed E-state index contributed by atoms with van der Waals surface area (Å²) in [5.41, 5.74) is 13.3. The monoisotopic (exact) mass is 904 g/mol. The maximum atomic E-state index is 5.93. The van der Waals surface area contributed by atoms with Gasteiger partial charge < -0.3 is 9.47 Å². The van der Waals surface area contributed by atoms with Crippen LogP contribution in [0.3, 0.4) is 0 Å². The van der Waals surface area contributed by atoms with Gasteiger partial charge in [0.05, 0.1) is 10.8 Å². The lowest BCUT2D eigenvalue weighted by Crippen LogP contribution is -2.28. The molecule has 0 radical (unpaired) electrons. The molecule has 2 aliphatic carbocycles. The molecule has 8 aromatic carbocycles. The molecule has 0 atom stereocenters. The highest BCUT2D eigenvalue weighted by Gasteiger charge is 2.47. The molecule has 2 aromatic heterocycles. The van der Waals surface area contributed by atoms with Crippen molar-refractivity contribution in [2.24, 2.45) is 0 Å². The Hall–Kier alpha value is -8.35.